The number of rotatable bonds is 6. The van der Waals surface area contributed by atoms with E-state index >= 15 is 0 Å². The Labute approximate surface area is 139 Å². The molecule has 3 rings (SSSR count). The Bertz CT molecular complexity index is 855. The highest BCUT2D eigenvalue weighted by Crippen LogP contribution is 2.23. The highest BCUT2D eigenvalue weighted by molar-refractivity contribution is 7.12. The highest BCUT2D eigenvalue weighted by atomic mass is 32.1. The second-order valence-corrected chi connectivity index (χ2v) is 5.82. The van der Waals surface area contributed by atoms with Gasteiger partial charge in [0.2, 0.25) is 5.89 Å². The molecular weight excluding hydrogens is 338 g/mol. The molecular formula is C15H10F2N4O2S. The van der Waals surface area contributed by atoms with Gasteiger partial charge in [0.25, 0.3) is 5.89 Å². The quantitative estimate of drug-likeness (QED) is 0.675. The summed E-state index contributed by atoms with van der Waals surface area (Å²) in [5.41, 5.74) is 1.12. The summed E-state index contributed by atoms with van der Waals surface area (Å²) in [4.78, 5) is 5.76. The van der Waals surface area contributed by atoms with Crippen LogP contribution in [0.2, 0.25) is 0 Å². The van der Waals surface area contributed by atoms with Crippen LogP contribution in [0.5, 0.6) is 0 Å². The van der Waals surface area contributed by atoms with Gasteiger partial charge in [-0.2, -0.15) is 14.0 Å². The van der Waals surface area contributed by atoms with Gasteiger partial charge < -0.3 is 9.15 Å². The monoisotopic (exact) mass is 348 g/mol. The maximum absolute atomic E-state index is 12.4. The molecule has 3 aromatic heterocycles. The van der Waals surface area contributed by atoms with E-state index in [9.17, 15) is 8.78 Å². The average molecular weight is 348 g/mol. The van der Waals surface area contributed by atoms with Crippen molar-refractivity contribution >= 4 is 11.3 Å². The zero-order chi connectivity index (χ0) is 16.9. The maximum Gasteiger partial charge on any atom is 0.314 e. The number of alkyl halides is 2. The van der Waals surface area contributed by atoms with Gasteiger partial charge in [-0.1, -0.05) is 0 Å². The maximum atomic E-state index is 12.4. The van der Waals surface area contributed by atoms with Crippen molar-refractivity contribution in [1.82, 2.24) is 15.2 Å². The van der Waals surface area contributed by atoms with Crippen LogP contribution in [0.3, 0.4) is 0 Å². The predicted octanol–water partition coefficient (Wildman–Crippen LogP) is 3.72. The second-order valence-electron chi connectivity index (χ2n) is 4.65. The summed E-state index contributed by atoms with van der Waals surface area (Å²) in [6, 6.07) is 8.99. The smallest absolute Gasteiger partial charge is 0.314 e. The summed E-state index contributed by atoms with van der Waals surface area (Å²) < 4.78 is 35.2. The molecule has 0 unspecified atom stereocenters. The third-order valence-corrected chi connectivity index (χ3v) is 3.93. The molecule has 122 valence electrons. The number of nitriles is 1. The first-order valence-corrected chi connectivity index (χ1v) is 7.61. The number of ether oxygens (including phenoxy) is 1. The summed E-state index contributed by atoms with van der Waals surface area (Å²) in [5, 5.41) is 15.6. The molecule has 9 heteroatoms. The Kier molecular flexibility index (Phi) is 4.88. The van der Waals surface area contributed by atoms with E-state index in [1.807, 2.05) is 6.07 Å². The van der Waals surface area contributed by atoms with E-state index in [1.165, 1.54) is 17.5 Å². The lowest BCUT2D eigenvalue weighted by Gasteiger charge is -2.02. The minimum Gasteiger partial charge on any atom is -0.415 e. The van der Waals surface area contributed by atoms with E-state index < -0.39 is 12.3 Å². The van der Waals surface area contributed by atoms with Crippen LogP contribution < -0.4 is 0 Å². The summed E-state index contributed by atoms with van der Waals surface area (Å²) >= 11 is 1.38. The van der Waals surface area contributed by atoms with Crippen LogP contribution in [0, 0.1) is 11.3 Å². The molecule has 0 saturated heterocycles. The van der Waals surface area contributed by atoms with E-state index in [4.69, 9.17) is 14.4 Å². The van der Waals surface area contributed by atoms with Crippen molar-refractivity contribution in [2.24, 2.45) is 0 Å². The Balaban J connectivity index is 1.57. The van der Waals surface area contributed by atoms with Crippen LogP contribution in [-0.4, -0.2) is 15.2 Å². The Morgan fingerprint density at radius 2 is 2.08 bits per heavy atom. The molecule has 0 amide bonds. The van der Waals surface area contributed by atoms with E-state index in [1.54, 1.807) is 18.2 Å². The molecule has 0 atom stereocenters. The van der Waals surface area contributed by atoms with Crippen LogP contribution in [0.1, 0.15) is 27.8 Å². The minimum atomic E-state index is -2.80. The van der Waals surface area contributed by atoms with Crippen molar-refractivity contribution in [3.63, 3.8) is 0 Å². The van der Waals surface area contributed by atoms with Crippen LogP contribution in [-0.2, 0) is 18.0 Å². The molecule has 0 saturated carbocycles. The van der Waals surface area contributed by atoms with Crippen molar-refractivity contribution in [3.05, 3.63) is 51.8 Å². The topological polar surface area (TPSA) is 84.8 Å². The number of nitrogens with zero attached hydrogens (tertiary/aromatic N) is 4. The van der Waals surface area contributed by atoms with Gasteiger partial charge in [0, 0.05) is 11.1 Å². The molecule has 0 fully saturated rings. The average Bonchev–Trinajstić information content (AvgIpc) is 3.25. The van der Waals surface area contributed by atoms with Crippen molar-refractivity contribution < 1.29 is 17.9 Å². The molecule has 3 heterocycles. The predicted molar refractivity (Wildman–Crippen MR) is 80.0 cm³/mol. The largest absolute Gasteiger partial charge is 0.415 e. The first-order chi connectivity index (χ1) is 11.7. The lowest BCUT2D eigenvalue weighted by atomic mass is 10.2. The molecule has 0 aliphatic carbocycles. The van der Waals surface area contributed by atoms with Crippen molar-refractivity contribution in [1.29, 1.82) is 5.26 Å². The van der Waals surface area contributed by atoms with Crippen molar-refractivity contribution in [2.75, 3.05) is 0 Å². The molecule has 0 aliphatic heterocycles. The lowest BCUT2D eigenvalue weighted by molar-refractivity contribution is 0.106. The zero-order valence-electron chi connectivity index (χ0n) is 12.1. The molecule has 0 N–H and O–H groups in total. The molecule has 0 aromatic carbocycles. The summed E-state index contributed by atoms with van der Waals surface area (Å²) in [7, 11) is 0. The highest BCUT2D eigenvalue weighted by Gasteiger charge is 2.17. The molecule has 24 heavy (non-hydrogen) atoms. The fraction of sp³-hybridized carbons (Fsp3) is 0.200. The van der Waals surface area contributed by atoms with E-state index in [0.717, 1.165) is 4.88 Å². The van der Waals surface area contributed by atoms with Crippen molar-refractivity contribution in [3.8, 4) is 17.5 Å². The zero-order valence-corrected chi connectivity index (χ0v) is 13.0. The first kappa shape index (κ1) is 16.2. The number of aromatic nitrogens is 3. The number of pyridine rings is 1. The van der Waals surface area contributed by atoms with Gasteiger partial charge in [0.15, 0.2) is 0 Å². The Hall–Kier alpha value is -2.70. The Morgan fingerprint density at radius 3 is 2.71 bits per heavy atom. The van der Waals surface area contributed by atoms with Crippen LogP contribution in [0.15, 0.2) is 34.9 Å². The normalized spacial score (nSPS) is 10.9. The van der Waals surface area contributed by atoms with Gasteiger partial charge in [-0.25, -0.2) is 0 Å². The van der Waals surface area contributed by atoms with E-state index in [0.29, 0.717) is 22.7 Å². The molecule has 0 aliphatic rings. The van der Waals surface area contributed by atoms with Gasteiger partial charge in [-0.05, 0) is 24.3 Å². The fourth-order valence-corrected chi connectivity index (χ4v) is 2.59. The number of halogens is 2. The molecule has 6 nitrogen and oxygen atoms in total. The third-order valence-electron chi connectivity index (χ3n) is 2.97. The standard InChI is InChI=1S/C15H10F2N4O2S/c16-13(17)15-21-20-14(23-15)9-1-2-10(19-6-9)7-22-8-12-4-3-11(5-18)24-12/h1-4,6,13H,7-8H2. The van der Waals surface area contributed by atoms with Crippen molar-refractivity contribution in [2.45, 2.75) is 19.6 Å². The summed E-state index contributed by atoms with van der Waals surface area (Å²) in [6.07, 6.45) is -1.34. The van der Waals surface area contributed by atoms with Crippen LogP contribution >= 0.6 is 11.3 Å². The fourth-order valence-electron chi connectivity index (χ4n) is 1.85. The number of thiophene rings is 1. The summed E-state index contributed by atoms with van der Waals surface area (Å²) in [6.45, 7) is 0.670. The lowest BCUT2D eigenvalue weighted by Crippen LogP contribution is -1.95. The van der Waals surface area contributed by atoms with Crippen LogP contribution in [0.25, 0.3) is 11.5 Å². The molecule has 3 aromatic rings. The summed E-state index contributed by atoms with van der Waals surface area (Å²) in [5.74, 6) is -0.724. The minimum absolute atomic E-state index is 0.00659. The van der Waals surface area contributed by atoms with Crippen LogP contribution in [0.4, 0.5) is 8.78 Å². The second kappa shape index (κ2) is 7.25. The van der Waals surface area contributed by atoms with Gasteiger partial charge in [0.1, 0.15) is 10.9 Å². The van der Waals surface area contributed by atoms with Gasteiger partial charge in [0.05, 0.1) is 24.5 Å². The molecule has 0 spiro atoms. The molecule has 0 bridgehead atoms. The SMILES string of the molecule is N#Cc1ccc(COCc2ccc(-c3nnc(C(F)F)o3)cn2)s1. The Morgan fingerprint density at radius 1 is 1.21 bits per heavy atom. The third kappa shape index (κ3) is 3.79. The number of hydrogen-bond acceptors (Lipinski definition) is 7. The van der Waals surface area contributed by atoms with E-state index in [-0.39, 0.29) is 12.5 Å². The van der Waals surface area contributed by atoms with Gasteiger partial charge >= 0.3 is 6.43 Å². The first-order valence-electron chi connectivity index (χ1n) is 6.79. The van der Waals surface area contributed by atoms with Gasteiger partial charge in [-0.3, -0.25) is 4.98 Å². The number of hydrogen-bond donors (Lipinski definition) is 0. The molecule has 0 radical (unpaired) electrons. The van der Waals surface area contributed by atoms with E-state index in [2.05, 4.69) is 21.3 Å². The van der Waals surface area contributed by atoms with Gasteiger partial charge in [-0.15, -0.1) is 21.5 Å².